The summed E-state index contributed by atoms with van der Waals surface area (Å²) in [5.74, 6) is 0.488. The molecule has 4 nitrogen and oxygen atoms in total. The van der Waals surface area contributed by atoms with Crippen LogP contribution >= 0.6 is 11.6 Å². The maximum atomic E-state index is 11.6. The summed E-state index contributed by atoms with van der Waals surface area (Å²) in [6, 6.07) is 3.49. The van der Waals surface area contributed by atoms with Crippen molar-refractivity contribution >= 4 is 23.2 Å². The Morgan fingerprint density at radius 2 is 2.18 bits per heavy atom. The summed E-state index contributed by atoms with van der Waals surface area (Å²) in [4.78, 5) is 11.6. The number of likely N-dealkylation sites (N-methyl/N-ethyl adjacent to an activating group) is 1. The summed E-state index contributed by atoms with van der Waals surface area (Å²) in [6.45, 7) is 4.84. The van der Waals surface area contributed by atoms with Crippen molar-refractivity contribution in [3.8, 4) is 5.75 Å². The van der Waals surface area contributed by atoms with Crippen molar-refractivity contribution in [1.82, 2.24) is 5.32 Å². The van der Waals surface area contributed by atoms with Crippen LogP contribution in [0.15, 0.2) is 12.1 Å². The molecule has 1 aromatic rings. The third-order valence-corrected chi connectivity index (χ3v) is 2.70. The van der Waals surface area contributed by atoms with Crippen LogP contribution in [0.1, 0.15) is 12.5 Å². The van der Waals surface area contributed by atoms with E-state index in [9.17, 15) is 4.79 Å². The summed E-state index contributed by atoms with van der Waals surface area (Å²) in [7, 11) is 1.56. The standard InChI is InChI=1S/C12H17ClN2O2/c1-4-14-7-12(16)15-10-6-9(13)8(2)5-11(10)17-3/h5-6,14H,4,7H2,1-3H3,(H,15,16). The summed E-state index contributed by atoms with van der Waals surface area (Å²) in [5, 5.41) is 6.30. The first-order valence-corrected chi connectivity index (χ1v) is 5.81. The predicted octanol–water partition coefficient (Wildman–Crippen LogP) is 2.21. The second-order valence-electron chi connectivity index (χ2n) is 3.63. The Labute approximate surface area is 106 Å². The van der Waals surface area contributed by atoms with Crippen LogP contribution in [0, 0.1) is 6.92 Å². The largest absolute Gasteiger partial charge is 0.495 e. The third-order valence-electron chi connectivity index (χ3n) is 2.29. The van der Waals surface area contributed by atoms with Crippen molar-refractivity contribution in [2.45, 2.75) is 13.8 Å². The van der Waals surface area contributed by atoms with Crippen molar-refractivity contribution in [3.05, 3.63) is 22.7 Å². The van der Waals surface area contributed by atoms with E-state index >= 15 is 0 Å². The molecule has 0 spiro atoms. The van der Waals surface area contributed by atoms with Crippen molar-refractivity contribution in [1.29, 1.82) is 0 Å². The summed E-state index contributed by atoms with van der Waals surface area (Å²) < 4.78 is 5.19. The Balaban J connectivity index is 2.82. The number of carbonyl (C=O) groups is 1. The van der Waals surface area contributed by atoms with E-state index in [1.165, 1.54) is 0 Å². The van der Waals surface area contributed by atoms with Gasteiger partial charge in [-0.25, -0.2) is 0 Å². The zero-order valence-corrected chi connectivity index (χ0v) is 11.0. The number of aryl methyl sites for hydroxylation is 1. The van der Waals surface area contributed by atoms with Gasteiger partial charge >= 0.3 is 0 Å². The maximum Gasteiger partial charge on any atom is 0.238 e. The molecule has 0 bridgehead atoms. The van der Waals surface area contributed by atoms with Gasteiger partial charge in [-0.15, -0.1) is 0 Å². The van der Waals surface area contributed by atoms with Gasteiger partial charge in [-0.1, -0.05) is 18.5 Å². The lowest BCUT2D eigenvalue weighted by Crippen LogP contribution is -2.27. The number of anilines is 1. The molecule has 0 aliphatic heterocycles. The van der Waals surface area contributed by atoms with Crippen LogP contribution in [0.5, 0.6) is 5.75 Å². The molecule has 0 heterocycles. The van der Waals surface area contributed by atoms with E-state index in [4.69, 9.17) is 16.3 Å². The number of carbonyl (C=O) groups excluding carboxylic acids is 1. The molecular weight excluding hydrogens is 240 g/mol. The zero-order valence-electron chi connectivity index (χ0n) is 10.3. The van der Waals surface area contributed by atoms with E-state index < -0.39 is 0 Å². The van der Waals surface area contributed by atoms with E-state index in [-0.39, 0.29) is 12.5 Å². The normalized spacial score (nSPS) is 10.1. The van der Waals surface area contributed by atoms with Crippen molar-refractivity contribution in [3.63, 3.8) is 0 Å². The second kappa shape index (κ2) is 6.47. The number of nitrogens with one attached hydrogen (secondary N) is 2. The Morgan fingerprint density at radius 3 is 2.76 bits per heavy atom. The molecule has 0 atom stereocenters. The molecule has 0 saturated heterocycles. The van der Waals surface area contributed by atoms with E-state index in [0.29, 0.717) is 16.5 Å². The van der Waals surface area contributed by atoms with Gasteiger partial charge in [0.2, 0.25) is 5.91 Å². The fourth-order valence-electron chi connectivity index (χ4n) is 1.35. The Kier molecular flexibility index (Phi) is 5.25. The lowest BCUT2D eigenvalue weighted by Gasteiger charge is -2.12. The van der Waals surface area contributed by atoms with Crippen molar-refractivity contribution in [2.24, 2.45) is 0 Å². The molecule has 0 radical (unpaired) electrons. The van der Waals surface area contributed by atoms with E-state index in [2.05, 4.69) is 10.6 Å². The molecule has 1 rings (SSSR count). The Bertz CT molecular complexity index is 408. The number of methoxy groups -OCH3 is 1. The summed E-state index contributed by atoms with van der Waals surface area (Å²) in [6.07, 6.45) is 0. The summed E-state index contributed by atoms with van der Waals surface area (Å²) in [5.41, 5.74) is 1.50. The minimum Gasteiger partial charge on any atom is -0.495 e. The average Bonchev–Trinajstić information content (AvgIpc) is 2.31. The highest BCUT2D eigenvalue weighted by Crippen LogP contribution is 2.30. The predicted molar refractivity (Wildman–Crippen MR) is 69.9 cm³/mol. The van der Waals surface area contributed by atoms with Crippen LogP contribution in [0.4, 0.5) is 5.69 Å². The van der Waals surface area contributed by atoms with E-state index in [1.54, 1.807) is 19.2 Å². The fourth-order valence-corrected chi connectivity index (χ4v) is 1.52. The van der Waals surface area contributed by atoms with Crippen molar-refractivity contribution < 1.29 is 9.53 Å². The quantitative estimate of drug-likeness (QED) is 0.849. The maximum absolute atomic E-state index is 11.6. The number of hydrogen-bond acceptors (Lipinski definition) is 3. The number of rotatable bonds is 5. The third kappa shape index (κ3) is 3.91. The van der Waals surface area contributed by atoms with Gasteiger partial charge in [0, 0.05) is 5.02 Å². The van der Waals surface area contributed by atoms with Gasteiger partial charge in [0.15, 0.2) is 0 Å². The molecule has 1 amide bonds. The molecule has 2 N–H and O–H groups in total. The van der Waals surface area contributed by atoms with Crippen molar-refractivity contribution in [2.75, 3.05) is 25.5 Å². The first-order chi connectivity index (χ1) is 8.08. The molecule has 0 fully saturated rings. The van der Waals surface area contributed by atoms with Gasteiger partial charge < -0.3 is 15.4 Å². The monoisotopic (exact) mass is 256 g/mol. The van der Waals surface area contributed by atoms with Crippen LogP contribution in [0.25, 0.3) is 0 Å². The highest BCUT2D eigenvalue weighted by molar-refractivity contribution is 6.31. The molecule has 0 aliphatic rings. The van der Waals surface area contributed by atoms with Gasteiger partial charge in [0.05, 0.1) is 19.3 Å². The topological polar surface area (TPSA) is 50.4 Å². The van der Waals surface area contributed by atoms with Gasteiger partial charge in [0.25, 0.3) is 0 Å². The SMILES string of the molecule is CCNCC(=O)Nc1cc(Cl)c(C)cc1OC. The van der Waals surface area contributed by atoms with Crippen LogP contribution in [-0.2, 0) is 4.79 Å². The first-order valence-electron chi connectivity index (χ1n) is 5.43. The fraction of sp³-hybridized carbons (Fsp3) is 0.417. The second-order valence-corrected chi connectivity index (χ2v) is 4.04. The number of ether oxygens (including phenoxy) is 1. The van der Waals surface area contributed by atoms with E-state index in [0.717, 1.165) is 12.1 Å². The number of amides is 1. The molecule has 1 aromatic carbocycles. The van der Waals surface area contributed by atoms with Gasteiger partial charge in [-0.3, -0.25) is 4.79 Å². The van der Waals surface area contributed by atoms with Crippen LogP contribution in [0.3, 0.4) is 0 Å². The average molecular weight is 257 g/mol. The first kappa shape index (κ1) is 13.8. The van der Waals surface area contributed by atoms with E-state index in [1.807, 2.05) is 13.8 Å². The number of benzene rings is 1. The van der Waals surface area contributed by atoms with Crippen LogP contribution < -0.4 is 15.4 Å². The smallest absolute Gasteiger partial charge is 0.238 e. The molecule has 17 heavy (non-hydrogen) atoms. The molecule has 0 unspecified atom stereocenters. The Morgan fingerprint density at radius 1 is 1.47 bits per heavy atom. The minimum absolute atomic E-state index is 0.120. The molecular formula is C12H17ClN2O2. The molecule has 0 aliphatic carbocycles. The van der Waals surface area contributed by atoms with Gasteiger partial charge in [-0.2, -0.15) is 0 Å². The van der Waals surface area contributed by atoms with Crippen LogP contribution in [-0.4, -0.2) is 26.1 Å². The number of halogens is 1. The van der Waals surface area contributed by atoms with Gasteiger partial charge in [-0.05, 0) is 31.2 Å². The summed E-state index contributed by atoms with van der Waals surface area (Å²) >= 11 is 6.01. The molecule has 94 valence electrons. The van der Waals surface area contributed by atoms with Crippen LogP contribution in [0.2, 0.25) is 5.02 Å². The Hall–Kier alpha value is -1.26. The molecule has 0 saturated carbocycles. The highest BCUT2D eigenvalue weighted by atomic mass is 35.5. The highest BCUT2D eigenvalue weighted by Gasteiger charge is 2.09. The zero-order chi connectivity index (χ0) is 12.8. The minimum atomic E-state index is -0.120. The number of hydrogen-bond donors (Lipinski definition) is 2. The lowest BCUT2D eigenvalue weighted by molar-refractivity contribution is -0.115. The van der Waals surface area contributed by atoms with Gasteiger partial charge in [0.1, 0.15) is 5.75 Å². The lowest BCUT2D eigenvalue weighted by atomic mass is 10.2. The molecule has 5 heteroatoms. The molecule has 0 aromatic heterocycles.